The molecule has 0 fully saturated rings. The van der Waals surface area contributed by atoms with Gasteiger partial charge in [0.25, 0.3) is 0 Å². The standard InChI is InChI=1S/C16H36N.HI/c1-5-9-11-15-17(13-7-3,14-8-4)16-12-10-6-2;/h5-16H2,1-4H3;1H/q+1;/p-1. The lowest BCUT2D eigenvalue weighted by atomic mass is 10.1. The van der Waals surface area contributed by atoms with Crippen molar-refractivity contribution in [3.63, 3.8) is 0 Å². The van der Waals surface area contributed by atoms with Gasteiger partial charge in [0.2, 0.25) is 0 Å². The van der Waals surface area contributed by atoms with E-state index in [0.29, 0.717) is 0 Å². The maximum atomic E-state index is 2.35. The Labute approximate surface area is 133 Å². The zero-order valence-electron chi connectivity index (χ0n) is 13.3. The van der Waals surface area contributed by atoms with Gasteiger partial charge < -0.3 is 28.5 Å². The monoisotopic (exact) mass is 369 g/mol. The van der Waals surface area contributed by atoms with E-state index in [1.165, 1.54) is 82.0 Å². The normalized spacial score (nSPS) is 11.3. The van der Waals surface area contributed by atoms with Crippen molar-refractivity contribution >= 4 is 0 Å². The Morgan fingerprint density at radius 3 is 1.17 bits per heavy atom. The number of hydrogen-bond acceptors (Lipinski definition) is 0. The maximum absolute atomic E-state index is 2.35. The van der Waals surface area contributed by atoms with E-state index in [-0.39, 0.29) is 24.0 Å². The van der Waals surface area contributed by atoms with E-state index < -0.39 is 0 Å². The smallest absolute Gasteiger partial charge is 0.0786 e. The van der Waals surface area contributed by atoms with Crippen LogP contribution in [0.2, 0.25) is 0 Å². The van der Waals surface area contributed by atoms with E-state index in [4.69, 9.17) is 0 Å². The second-order valence-corrected chi connectivity index (χ2v) is 5.65. The quantitative estimate of drug-likeness (QED) is 0.281. The van der Waals surface area contributed by atoms with Crippen LogP contribution in [0.4, 0.5) is 0 Å². The number of hydrogen-bond donors (Lipinski definition) is 0. The molecule has 0 aliphatic carbocycles. The molecule has 1 nitrogen and oxygen atoms in total. The van der Waals surface area contributed by atoms with Crippen molar-refractivity contribution in [2.75, 3.05) is 26.2 Å². The average molecular weight is 369 g/mol. The van der Waals surface area contributed by atoms with Crippen LogP contribution in [-0.4, -0.2) is 30.7 Å². The molecule has 0 aromatic heterocycles. The molecule has 0 atom stereocenters. The number of rotatable bonds is 12. The molecule has 2 heteroatoms. The van der Waals surface area contributed by atoms with Crippen LogP contribution in [0.1, 0.15) is 79.1 Å². The molecule has 0 radical (unpaired) electrons. The summed E-state index contributed by atoms with van der Waals surface area (Å²) >= 11 is 0. The van der Waals surface area contributed by atoms with Gasteiger partial charge in [0, 0.05) is 0 Å². The third-order valence-corrected chi connectivity index (χ3v) is 3.87. The summed E-state index contributed by atoms with van der Waals surface area (Å²) in [6, 6.07) is 0. The molecule has 0 N–H and O–H groups in total. The summed E-state index contributed by atoms with van der Waals surface area (Å²) < 4.78 is 1.41. The van der Waals surface area contributed by atoms with Crippen LogP contribution < -0.4 is 24.0 Å². The van der Waals surface area contributed by atoms with Crippen LogP contribution in [0.15, 0.2) is 0 Å². The topological polar surface area (TPSA) is 0 Å². The molecule has 0 bridgehead atoms. The SMILES string of the molecule is CCCCC[N+](CCC)(CCC)CCCCC.[I-]. The molecule has 0 aliphatic heterocycles. The molecule has 0 aliphatic rings. The van der Waals surface area contributed by atoms with Crippen molar-refractivity contribution in [3.8, 4) is 0 Å². The summed E-state index contributed by atoms with van der Waals surface area (Å²) in [4.78, 5) is 0. The van der Waals surface area contributed by atoms with Crippen LogP contribution in [-0.2, 0) is 0 Å². The molecule has 0 saturated heterocycles. The molecular weight excluding hydrogens is 333 g/mol. The number of unbranched alkanes of at least 4 members (excludes halogenated alkanes) is 4. The molecule has 0 rings (SSSR count). The largest absolute Gasteiger partial charge is 1.00 e. The molecule has 0 unspecified atom stereocenters. The lowest BCUT2D eigenvalue weighted by Crippen LogP contribution is -3.00. The zero-order chi connectivity index (χ0) is 13.0. The lowest BCUT2D eigenvalue weighted by Gasteiger charge is -2.39. The molecule has 0 spiro atoms. The maximum Gasteiger partial charge on any atom is 0.0786 e. The highest BCUT2D eigenvalue weighted by molar-refractivity contribution is 4.48. The van der Waals surface area contributed by atoms with E-state index in [9.17, 15) is 0 Å². The van der Waals surface area contributed by atoms with Gasteiger partial charge in [-0.05, 0) is 38.5 Å². The van der Waals surface area contributed by atoms with E-state index in [1.807, 2.05) is 0 Å². The van der Waals surface area contributed by atoms with Crippen LogP contribution >= 0.6 is 0 Å². The Balaban J connectivity index is 0. The Hall–Kier alpha value is 0.690. The minimum Gasteiger partial charge on any atom is -1.00 e. The molecular formula is C16H36IN. The van der Waals surface area contributed by atoms with Gasteiger partial charge in [-0.3, -0.25) is 0 Å². The Morgan fingerprint density at radius 2 is 0.889 bits per heavy atom. The predicted octanol–water partition coefficient (Wildman–Crippen LogP) is 2.01. The molecule has 0 amide bonds. The van der Waals surface area contributed by atoms with Crippen LogP contribution in [0.25, 0.3) is 0 Å². The summed E-state index contributed by atoms with van der Waals surface area (Å²) in [5, 5.41) is 0. The van der Waals surface area contributed by atoms with E-state index in [0.717, 1.165) is 0 Å². The van der Waals surface area contributed by atoms with Crippen molar-refractivity contribution in [2.24, 2.45) is 0 Å². The Bertz CT molecular complexity index is 141. The first-order valence-electron chi connectivity index (χ1n) is 8.09. The van der Waals surface area contributed by atoms with Crippen LogP contribution in [0.5, 0.6) is 0 Å². The van der Waals surface area contributed by atoms with Crippen LogP contribution in [0, 0.1) is 0 Å². The van der Waals surface area contributed by atoms with Crippen molar-refractivity contribution < 1.29 is 28.5 Å². The van der Waals surface area contributed by atoms with Gasteiger partial charge in [0.05, 0.1) is 26.2 Å². The summed E-state index contributed by atoms with van der Waals surface area (Å²) in [7, 11) is 0. The molecule has 0 heterocycles. The van der Waals surface area contributed by atoms with Gasteiger partial charge in [0.15, 0.2) is 0 Å². The minimum absolute atomic E-state index is 0. The fourth-order valence-electron chi connectivity index (χ4n) is 3.01. The van der Waals surface area contributed by atoms with Gasteiger partial charge in [-0.1, -0.05) is 40.5 Å². The van der Waals surface area contributed by atoms with Gasteiger partial charge in [-0.25, -0.2) is 0 Å². The number of quaternary nitrogens is 1. The van der Waals surface area contributed by atoms with Crippen molar-refractivity contribution in [1.82, 2.24) is 0 Å². The first-order valence-corrected chi connectivity index (χ1v) is 8.09. The highest BCUT2D eigenvalue weighted by atomic mass is 127. The molecule has 0 aromatic rings. The number of halogens is 1. The van der Waals surface area contributed by atoms with E-state index in [1.54, 1.807) is 0 Å². The van der Waals surface area contributed by atoms with E-state index >= 15 is 0 Å². The second-order valence-electron chi connectivity index (χ2n) is 5.65. The molecule has 112 valence electrons. The average Bonchev–Trinajstić information content (AvgIpc) is 2.30. The first-order chi connectivity index (χ1) is 8.24. The van der Waals surface area contributed by atoms with Gasteiger partial charge >= 0.3 is 0 Å². The third-order valence-electron chi connectivity index (χ3n) is 3.87. The summed E-state index contributed by atoms with van der Waals surface area (Å²) in [5.74, 6) is 0. The lowest BCUT2D eigenvalue weighted by molar-refractivity contribution is -0.928. The van der Waals surface area contributed by atoms with Crippen LogP contribution in [0.3, 0.4) is 0 Å². The van der Waals surface area contributed by atoms with E-state index in [2.05, 4.69) is 27.7 Å². The predicted molar refractivity (Wildman–Crippen MR) is 79.4 cm³/mol. The summed E-state index contributed by atoms with van der Waals surface area (Å²) in [5.41, 5.74) is 0. The number of nitrogens with zero attached hydrogens (tertiary/aromatic N) is 1. The van der Waals surface area contributed by atoms with Gasteiger partial charge in [0.1, 0.15) is 0 Å². The molecule has 0 saturated carbocycles. The zero-order valence-corrected chi connectivity index (χ0v) is 15.5. The Kier molecular flexibility index (Phi) is 16.5. The second kappa shape index (κ2) is 14.1. The van der Waals surface area contributed by atoms with Gasteiger partial charge in [-0.15, -0.1) is 0 Å². The fourth-order valence-corrected chi connectivity index (χ4v) is 3.01. The fraction of sp³-hybridized carbons (Fsp3) is 1.00. The third kappa shape index (κ3) is 9.60. The molecule has 0 aromatic carbocycles. The summed E-state index contributed by atoms with van der Waals surface area (Å²) in [6.07, 6.45) is 11.1. The Morgan fingerprint density at radius 1 is 0.500 bits per heavy atom. The molecule has 18 heavy (non-hydrogen) atoms. The summed E-state index contributed by atoms with van der Waals surface area (Å²) in [6.45, 7) is 15.0. The van der Waals surface area contributed by atoms with Crippen molar-refractivity contribution in [2.45, 2.75) is 79.1 Å². The van der Waals surface area contributed by atoms with Crippen molar-refractivity contribution in [1.29, 1.82) is 0 Å². The highest BCUT2D eigenvalue weighted by Crippen LogP contribution is 2.15. The van der Waals surface area contributed by atoms with Gasteiger partial charge in [-0.2, -0.15) is 0 Å². The van der Waals surface area contributed by atoms with Crippen molar-refractivity contribution in [3.05, 3.63) is 0 Å². The highest BCUT2D eigenvalue weighted by Gasteiger charge is 2.24. The first kappa shape index (κ1) is 21.0. The minimum atomic E-state index is 0.